The molecule has 3 aromatic rings. The van der Waals surface area contributed by atoms with Crippen molar-refractivity contribution >= 4 is 33.8 Å². The largest absolute Gasteiger partial charge is 0.494 e. The average molecular weight is 345 g/mol. The average Bonchev–Trinajstić information content (AvgIpc) is 3.01. The van der Waals surface area contributed by atoms with E-state index < -0.39 is 0 Å². The van der Waals surface area contributed by atoms with Gasteiger partial charge in [-0.15, -0.1) is 11.3 Å². The Morgan fingerprint density at radius 3 is 2.65 bits per heavy atom. The summed E-state index contributed by atoms with van der Waals surface area (Å²) in [6.45, 7) is 4.64. The van der Waals surface area contributed by atoms with E-state index in [4.69, 9.17) is 16.3 Å². The van der Waals surface area contributed by atoms with Crippen LogP contribution in [-0.2, 0) is 0 Å². The van der Waals surface area contributed by atoms with Crippen LogP contribution in [0, 0.1) is 6.92 Å². The lowest BCUT2D eigenvalue weighted by Gasteiger charge is -2.05. The quantitative estimate of drug-likeness (QED) is 0.624. The molecule has 0 atom stereocenters. The topological polar surface area (TPSA) is 34.1 Å². The molecule has 0 aliphatic carbocycles. The van der Waals surface area contributed by atoms with Crippen LogP contribution < -0.4 is 10.1 Å². The number of thiazole rings is 1. The number of hydrogen-bond donors (Lipinski definition) is 1. The van der Waals surface area contributed by atoms with E-state index >= 15 is 0 Å². The molecule has 0 fully saturated rings. The number of aromatic nitrogens is 1. The maximum atomic E-state index is 6.08. The van der Waals surface area contributed by atoms with Gasteiger partial charge in [0.15, 0.2) is 5.13 Å². The zero-order valence-corrected chi connectivity index (χ0v) is 14.5. The number of nitrogens with one attached hydrogen (secondary N) is 1. The molecule has 0 unspecified atom stereocenters. The standard InChI is InChI=1S/C18H17ClN2OS/c1-3-22-15-7-5-14(6-8-15)20-18-21-17(11-23-18)13-4-9-16(19)12(2)10-13/h4-11H,3H2,1-2H3,(H,20,21). The van der Waals surface area contributed by atoms with Crippen LogP contribution in [0.4, 0.5) is 10.8 Å². The second-order valence-corrected chi connectivity index (χ2v) is 6.35. The van der Waals surface area contributed by atoms with Crippen LogP contribution in [0.1, 0.15) is 12.5 Å². The highest BCUT2D eigenvalue weighted by molar-refractivity contribution is 7.14. The summed E-state index contributed by atoms with van der Waals surface area (Å²) in [5.41, 5.74) is 4.06. The van der Waals surface area contributed by atoms with Crippen molar-refractivity contribution in [1.29, 1.82) is 0 Å². The van der Waals surface area contributed by atoms with Gasteiger partial charge < -0.3 is 10.1 Å². The van der Waals surface area contributed by atoms with Crippen molar-refractivity contribution in [3.8, 4) is 17.0 Å². The summed E-state index contributed by atoms with van der Waals surface area (Å²) in [6.07, 6.45) is 0. The molecular weight excluding hydrogens is 328 g/mol. The number of aryl methyl sites for hydroxylation is 1. The first-order valence-corrected chi connectivity index (χ1v) is 8.63. The Morgan fingerprint density at radius 2 is 1.96 bits per heavy atom. The third kappa shape index (κ3) is 3.84. The second kappa shape index (κ2) is 7.02. The van der Waals surface area contributed by atoms with E-state index in [9.17, 15) is 0 Å². The van der Waals surface area contributed by atoms with Gasteiger partial charge in [-0.1, -0.05) is 17.7 Å². The fourth-order valence-electron chi connectivity index (χ4n) is 2.19. The van der Waals surface area contributed by atoms with Gasteiger partial charge in [-0.05, 0) is 55.8 Å². The molecule has 0 amide bonds. The third-order valence-corrected chi connectivity index (χ3v) is 4.56. The molecule has 5 heteroatoms. The molecule has 2 aromatic carbocycles. The van der Waals surface area contributed by atoms with E-state index in [1.54, 1.807) is 11.3 Å². The van der Waals surface area contributed by atoms with Crippen LogP contribution in [0.5, 0.6) is 5.75 Å². The van der Waals surface area contributed by atoms with E-state index in [2.05, 4.69) is 16.4 Å². The van der Waals surface area contributed by atoms with Gasteiger partial charge in [0.2, 0.25) is 0 Å². The van der Waals surface area contributed by atoms with Crippen molar-refractivity contribution in [2.75, 3.05) is 11.9 Å². The molecule has 0 saturated heterocycles. The number of hydrogen-bond acceptors (Lipinski definition) is 4. The number of halogens is 1. The summed E-state index contributed by atoms with van der Waals surface area (Å²) in [5, 5.41) is 6.99. The summed E-state index contributed by atoms with van der Waals surface area (Å²) in [7, 11) is 0. The van der Waals surface area contributed by atoms with Gasteiger partial charge in [0.05, 0.1) is 12.3 Å². The van der Waals surface area contributed by atoms with Crippen molar-refractivity contribution < 1.29 is 4.74 Å². The van der Waals surface area contributed by atoms with E-state index in [0.717, 1.165) is 38.4 Å². The fraction of sp³-hybridized carbons (Fsp3) is 0.167. The molecule has 118 valence electrons. The maximum absolute atomic E-state index is 6.08. The van der Waals surface area contributed by atoms with Crippen molar-refractivity contribution in [3.63, 3.8) is 0 Å². The summed E-state index contributed by atoms with van der Waals surface area (Å²) in [4.78, 5) is 4.64. The smallest absolute Gasteiger partial charge is 0.187 e. The van der Waals surface area contributed by atoms with Gasteiger partial charge in [0.1, 0.15) is 5.75 Å². The Kier molecular flexibility index (Phi) is 4.84. The Balaban J connectivity index is 1.75. The van der Waals surface area contributed by atoms with E-state index in [1.165, 1.54) is 0 Å². The Bertz CT molecular complexity index is 799. The van der Waals surface area contributed by atoms with Gasteiger partial charge in [-0.25, -0.2) is 4.98 Å². The highest BCUT2D eigenvalue weighted by atomic mass is 35.5. The zero-order valence-electron chi connectivity index (χ0n) is 13.0. The fourth-order valence-corrected chi connectivity index (χ4v) is 3.05. The number of ether oxygens (including phenoxy) is 1. The molecule has 1 aromatic heterocycles. The maximum Gasteiger partial charge on any atom is 0.187 e. The van der Waals surface area contributed by atoms with Crippen LogP contribution in [0.15, 0.2) is 47.8 Å². The summed E-state index contributed by atoms with van der Waals surface area (Å²) in [6, 6.07) is 13.8. The minimum Gasteiger partial charge on any atom is -0.494 e. The molecule has 0 aliphatic heterocycles. The minimum absolute atomic E-state index is 0.670. The van der Waals surface area contributed by atoms with Crippen LogP contribution in [0.25, 0.3) is 11.3 Å². The summed E-state index contributed by atoms with van der Waals surface area (Å²) >= 11 is 7.65. The molecule has 0 saturated carbocycles. The monoisotopic (exact) mass is 344 g/mol. The van der Waals surface area contributed by atoms with Gasteiger partial charge in [0, 0.05) is 21.7 Å². The molecular formula is C18H17ClN2OS. The van der Waals surface area contributed by atoms with Crippen molar-refractivity contribution in [1.82, 2.24) is 4.98 Å². The number of nitrogens with zero attached hydrogens (tertiary/aromatic N) is 1. The van der Waals surface area contributed by atoms with Crippen molar-refractivity contribution in [2.24, 2.45) is 0 Å². The highest BCUT2D eigenvalue weighted by Gasteiger charge is 2.06. The minimum atomic E-state index is 0.670. The highest BCUT2D eigenvalue weighted by Crippen LogP contribution is 2.29. The molecule has 3 nitrogen and oxygen atoms in total. The van der Waals surface area contributed by atoms with E-state index in [0.29, 0.717) is 6.61 Å². The summed E-state index contributed by atoms with van der Waals surface area (Å²) < 4.78 is 5.44. The molecule has 0 bridgehead atoms. The summed E-state index contributed by atoms with van der Waals surface area (Å²) in [5.74, 6) is 0.870. The molecule has 1 N–H and O–H groups in total. The Morgan fingerprint density at radius 1 is 1.17 bits per heavy atom. The van der Waals surface area contributed by atoms with Gasteiger partial charge in [-0.2, -0.15) is 0 Å². The van der Waals surface area contributed by atoms with Gasteiger partial charge >= 0.3 is 0 Å². The molecule has 0 radical (unpaired) electrons. The SMILES string of the molecule is CCOc1ccc(Nc2nc(-c3ccc(Cl)c(C)c3)cs2)cc1. The van der Waals surface area contributed by atoms with Crippen molar-refractivity contribution in [3.05, 3.63) is 58.4 Å². The predicted octanol–water partition coefficient (Wildman–Crippen LogP) is 5.91. The molecule has 0 aliphatic rings. The van der Waals surface area contributed by atoms with E-state index in [-0.39, 0.29) is 0 Å². The lowest BCUT2D eigenvalue weighted by molar-refractivity contribution is 0.340. The van der Waals surface area contributed by atoms with Gasteiger partial charge in [0.25, 0.3) is 0 Å². The molecule has 23 heavy (non-hydrogen) atoms. The molecule has 1 heterocycles. The first-order valence-electron chi connectivity index (χ1n) is 7.37. The van der Waals surface area contributed by atoms with Crippen LogP contribution in [0.3, 0.4) is 0 Å². The number of anilines is 2. The normalized spacial score (nSPS) is 10.6. The lowest BCUT2D eigenvalue weighted by Crippen LogP contribution is -1.93. The molecule has 3 rings (SSSR count). The predicted molar refractivity (Wildman–Crippen MR) is 98.2 cm³/mol. The van der Waals surface area contributed by atoms with Crippen LogP contribution in [-0.4, -0.2) is 11.6 Å². The first kappa shape index (κ1) is 15.8. The zero-order chi connectivity index (χ0) is 16.2. The first-order chi connectivity index (χ1) is 11.2. The third-order valence-electron chi connectivity index (χ3n) is 3.37. The van der Waals surface area contributed by atoms with Crippen LogP contribution >= 0.6 is 22.9 Å². The molecule has 0 spiro atoms. The van der Waals surface area contributed by atoms with E-state index in [1.807, 2.05) is 55.6 Å². The van der Waals surface area contributed by atoms with Gasteiger partial charge in [-0.3, -0.25) is 0 Å². The Labute approximate surface area is 144 Å². The lowest BCUT2D eigenvalue weighted by atomic mass is 10.1. The van der Waals surface area contributed by atoms with Crippen molar-refractivity contribution in [2.45, 2.75) is 13.8 Å². The number of benzene rings is 2. The second-order valence-electron chi connectivity index (χ2n) is 5.08. The Hall–Kier alpha value is -2.04. The van der Waals surface area contributed by atoms with Crippen LogP contribution in [0.2, 0.25) is 5.02 Å². The number of rotatable bonds is 5.